The number of aromatic nitrogens is 1. The van der Waals surface area contributed by atoms with Crippen LogP contribution >= 0.6 is 0 Å². The van der Waals surface area contributed by atoms with E-state index >= 15 is 0 Å². The smallest absolute Gasteiger partial charge is 0.317 e. The van der Waals surface area contributed by atoms with Gasteiger partial charge in [-0.25, -0.2) is 9.18 Å². The second-order valence-corrected chi connectivity index (χ2v) is 7.96. The van der Waals surface area contributed by atoms with Crippen LogP contribution in [-0.2, 0) is 4.74 Å². The molecule has 0 bridgehead atoms. The van der Waals surface area contributed by atoms with Crippen molar-refractivity contribution >= 4 is 16.9 Å². The molecule has 3 heterocycles. The lowest BCUT2D eigenvalue weighted by atomic mass is 9.89. The first kappa shape index (κ1) is 19.2. The zero-order valence-corrected chi connectivity index (χ0v) is 16.4. The quantitative estimate of drug-likeness (QED) is 0.847. The number of piperidine rings is 1. The third kappa shape index (κ3) is 4.31. The molecule has 0 radical (unpaired) electrons. The Morgan fingerprint density at radius 3 is 2.79 bits per heavy atom. The number of halogens is 1. The number of carbonyl (C=O) groups is 1. The molecule has 0 spiro atoms. The van der Waals surface area contributed by atoms with E-state index in [4.69, 9.17) is 4.74 Å². The van der Waals surface area contributed by atoms with Gasteiger partial charge in [-0.15, -0.1) is 0 Å². The molecule has 2 aliphatic heterocycles. The molecule has 152 valence electrons. The lowest BCUT2D eigenvalue weighted by molar-refractivity contribution is 0.0346. The van der Waals surface area contributed by atoms with Crippen molar-refractivity contribution in [3.05, 3.63) is 35.8 Å². The number of morpholine rings is 1. The van der Waals surface area contributed by atoms with Crippen molar-refractivity contribution in [2.45, 2.75) is 31.7 Å². The molecule has 2 N–H and O–H groups in total. The minimum absolute atomic E-state index is 0.0280. The number of rotatable bonds is 4. The molecular weight excluding hydrogens is 359 g/mol. The number of nitrogens with zero attached hydrogens (tertiary/aromatic N) is 2. The topological polar surface area (TPSA) is 60.6 Å². The first-order valence-corrected chi connectivity index (χ1v) is 10.2. The van der Waals surface area contributed by atoms with Gasteiger partial charge in [0.25, 0.3) is 0 Å². The molecule has 28 heavy (non-hydrogen) atoms. The number of carbonyl (C=O) groups excluding carboxylic acids is 1. The number of hydrogen-bond donors (Lipinski definition) is 2. The van der Waals surface area contributed by atoms with Crippen molar-refractivity contribution in [3.63, 3.8) is 0 Å². The molecule has 7 heteroatoms. The van der Waals surface area contributed by atoms with E-state index in [1.807, 2.05) is 17.2 Å². The van der Waals surface area contributed by atoms with Crippen LogP contribution in [0.5, 0.6) is 0 Å². The summed E-state index contributed by atoms with van der Waals surface area (Å²) in [4.78, 5) is 20.0. The lowest BCUT2D eigenvalue weighted by Crippen LogP contribution is -2.51. The molecule has 1 aromatic heterocycles. The molecule has 2 saturated heterocycles. The van der Waals surface area contributed by atoms with Gasteiger partial charge in [-0.05, 0) is 49.4 Å². The molecule has 1 atom stereocenters. The molecule has 1 unspecified atom stereocenters. The van der Waals surface area contributed by atoms with E-state index in [1.54, 1.807) is 0 Å². The maximum atomic E-state index is 13.4. The molecule has 1 aromatic carbocycles. The molecule has 4 rings (SSSR count). The normalized spacial score (nSPS) is 20.4. The molecule has 2 aliphatic rings. The molecule has 2 amide bonds. The zero-order valence-electron chi connectivity index (χ0n) is 16.4. The van der Waals surface area contributed by atoms with Crippen LogP contribution in [-0.4, -0.2) is 72.8 Å². The molecule has 2 fully saturated rings. The fraction of sp³-hybridized carbons (Fsp3) is 0.571. The molecule has 0 saturated carbocycles. The number of nitrogens with one attached hydrogen (secondary N) is 2. The number of fused-ring (bicyclic) bond motifs is 1. The highest BCUT2D eigenvalue weighted by Gasteiger charge is 2.26. The summed E-state index contributed by atoms with van der Waals surface area (Å²) in [7, 11) is 0. The predicted octanol–water partition coefficient (Wildman–Crippen LogP) is 2.92. The highest BCUT2D eigenvalue weighted by Crippen LogP contribution is 2.33. The highest BCUT2D eigenvalue weighted by atomic mass is 19.1. The monoisotopic (exact) mass is 388 g/mol. The van der Waals surface area contributed by atoms with E-state index in [0.29, 0.717) is 5.92 Å². The van der Waals surface area contributed by atoms with E-state index in [2.05, 4.69) is 22.1 Å². The van der Waals surface area contributed by atoms with Crippen LogP contribution in [0, 0.1) is 5.82 Å². The summed E-state index contributed by atoms with van der Waals surface area (Å²) in [5.74, 6) is 0.174. The van der Waals surface area contributed by atoms with Crippen LogP contribution in [0.25, 0.3) is 10.9 Å². The average molecular weight is 388 g/mol. The summed E-state index contributed by atoms with van der Waals surface area (Å²) in [5.41, 5.74) is 2.07. The zero-order chi connectivity index (χ0) is 19.5. The third-order valence-corrected chi connectivity index (χ3v) is 5.90. The molecule has 2 aromatic rings. The first-order valence-electron chi connectivity index (χ1n) is 10.2. The summed E-state index contributed by atoms with van der Waals surface area (Å²) >= 11 is 0. The number of amides is 2. The largest absolute Gasteiger partial charge is 0.379 e. The third-order valence-electron chi connectivity index (χ3n) is 5.90. The van der Waals surface area contributed by atoms with Gasteiger partial charge in [0.2, 0.25) is 0 Å². The van der Waals surface area contributed by atoms with Crippen LogP contribution in [0.15, 0.2) is 24.4 Å². The molecule has 6 nitrogen and oxygen atoms in total. The number of likely N-dealkylation sites (tertiary alicyclic amines) is 1. The van der Waals surface area contributed by atoms with Crippen molar-refractivity contribution in [3.8, 4) is 0 Å². The van der Waals surface area contributed by atoms with Crippen LogP contribution < -0.4 is 5.32 Å². The van der Waals surface area contributed by atoms with Gasteiger partial charge < -0.3 is 19.9 Å². The van der Waals surface area contributed by atoms with E-state index in [-0.39, 0.29) is 17.9 Å². The fourth-order valence-electron chi connectivity index (χ4n) is 4.37. The average Bonchev–Trinajstić information content (AvgIpc) is 3.11. The van der Waals surface area contributed by atoms with Gasteiger partial charge in [0.15, 0.2) is 0 Å². The number of ether oxygens (including phenoxy) is 1. The van der Waals surface area contributed by atoms with E-state index in [1.165, 1.54) is 17.7 Å². The Balaban J connectivity index is 1.29. The van der Waals surface area contributed by atoms with Crippen molar-refractivity contribution in [1.82, 2.24) is 20.1 Å². The standard InChI is InChI=1S/C21H29FN4O2/c1-15(14-25-8-10-28-11-9-25)24-21(27)26-6-4-16(5-7-26)19-13-23-20-12-17(22)2-3-18(19)20/h2-3,12-13,15-16,23H,4-11,14H2,1H3,(H,24,27). The van der Waals surface area contributed by atoms with Crippen LogP contribution in [0.2, 0.25) is 0 Å². The van der Waals surface area contributed by atoms with E-state index in [0.717, 1.165) is 69.7 Å². The van der Waals surface area contributed by atoms with E-state index in [9.17, 15) is 9.18 Å². The SMILES string of the molecule is CC(CN1CCOCC1)NC(=O)N1CCC(c2c[nH]c3cc(F)ccc23)CC1. The van der Waals surface area contributed by atoms with Crippen molar-refractivity contribution in [2.24, 2.45) is 0 Å². The van der Waals surface area contributed by atoms with Crippen molar-refractivity contribution in [2.75, 3.05) is 45.9 Å². The Bertz CT molecular complexity index is 810. The maximum Gasteiger partial charge on any atom is 0.317 e. The summed E-state index contributed by atoms with van der Waals surface area (Å²) in [6.07, 6.45) is 3.85. The molecular formula is C21H29FN4O2. The lowest BCUT2D eigenvalue weighted by Gasteiger charge is -2.34. The van der Waals surface area contributed by atoms with Crippen LogP contribution in [0.4, 0.5) is 9.18 Å². The van der Waals surface area contributed by atoms with Gasteiger partial charge in [-0.1, -0.05) is 0 Å². The Labute approximate surface area is 165 Å². The number of aromatic amines is 1. The summed E-state index contributed by atoms with van der Waals surface area (Å²) in [6, 6.07) is 5.05. The second-order valence-electron chi connectivity index (χ2n) is 7.96. The minimum Gasteiger partial charge on any atom is -0.379 e. The number of H-pyrrole nitrogens is 1. The number of urea groups is 1. The predicted molar refractivity (Wildman–Crippen MR) is 107 cm³/mol. The van der Waals surface area contributed by atoms with Crippen LogP contribution in [0.1, 0.15) is 31.2 Å². The van der Waals surface area contributed by atoms with Gasteiger partial charge in [0.05, 0.1) is 13.2 Å². The Morgan fingerprint density at radius 2 is 2.04 bits per heavy atom. The Kier molecular flexibility index (Phi) is 5.82. The highest BCUT2D eigenvalue weighted by molar-refractivity contribution is 5.83. The number of hydrogen-bond acceptors (Lipinski definition) is 3. The van der Waals surface area contributed by atoms with E-state index < -0.39 is 0 Å². The summed E-state index contributed by atoms with van der Waals surface area (Å²) in [5, 5.41) is 4.23. The first-order chi connectivity index (χ1) is 13.6. The van der Waals surface area contributed by atoms with Crippen molar-refractivity contribution in [1.29, 1.82) is 0 Å². The van der Waals surface area contributed by atoms with Crippen molar-refractivity contribution < 1.29 is 13.9 Å². The van der Waals surface area contributed by atoms with Gasteiger partial charge >= 0.3 is 6.03 Å². The van der Waals surface area contributed by atoms with Gasteiger partial charge in [-0.3, -0.25) is 4.90 Å². The minimum atomic E-state index is -0.224. The maximum absolute atomic E-state index is 13.4. The second kappa shape index (κ2) is 8.49. The fourth-order valence-corrected chi connectivity index (χ4v) is 4.37. The summed E-state index contributed by atoms with van der Waals surface area (Å²) in [6.45, 7) is 7.81. The number of benzene rings is 1. The van der Waals surface area contributed by atoms with Crippen LogP contribution in [0.3, 0.4) is 0 Å². The Morgan fingerprint density at radius 1 is 1.29 bits per heavy atom. The molecule has 0 aliphatic carbocycles. The van der Waals surface area contributed by atoms with Gasteiger partial charge in [-0.2, -0.15) is 0 Å². The summed E-state index contributed by atoms with van der Waals surface area (Å²) < 4.78 is 18.8. The Hall–Kier alpha value is -2.12. The van der Waals surface area contributed by atoms with Gasteiger partial charge in [0, 0.05) is 55.9 Å². The van der Waals surface area contributed by atoms with Gasteiger partial charge in [0.1, 0.15) is 5.82 Å².